The number of hydrogen-bond acceptors (Lipinski definition) is 3. The molecule has 94 valence electrons. The topological polar surface area (TPSA) is 32.7 Å². The first-order valence-electron chi connectivity index (χ1n) is 5.90. The molecule has 1 aliphatic rings. The summed E-state index contributed by atoms with van der Waals surface area (Å²) in [6, 6.07) is 5.99. The third kappa shape index (κ3) is 3.00. The van der Waals surface area contributed by atoms with E-state index in [9.17, 15) is 0 Å². The number of anilines is 1. The minimum atomic E-state index is 0.0782. The molecular weight excluding hydrogens is 282 g/mol. The molecule has 1 fully saturated rings. The van der Waals surface area contributed by atoms with Crippen molar-refractivity contribution in [3.63, 3.8) is 0 Å². The number of ether oxygens (including phenoxy) is 1. The van der Waals surface area contributed by atoms with E-state index in [1.807, 2.05) is 12.1 Å². The van der Waals surface area contributed by atoms with Gasteiger partial charge in [-0.3, -0.25) is 0 Å². The van der Waals surface area contributed by atoms with Gasteiger partial charge in [-0.15, -0.1) is 0 Å². The number of morpholine rings is 1. The molecule has 3 nitrogen and oxygen atoms in total. The summed E-state index contributed by atoms with van der Waals surface area (Å²) in [5.74, 6) is 0. The largest absolute Gasteiger partial charge is 0.392 e. The first-order valence-corrected chi connectivity index (χ1v) is 6.69. The van der Waals surface area contributed by atoms with Crippen molar-refractivity contribution < 1.29 is 9.84 Å². The fourth-order valence-corrected chi connectivity index (χ4v) is 2.96. The Morgan fingerprint density at radius 2 is 2.00 bits per heavy atom. The van der Waals surface area contributed by atoms with Crippen molar-refractivity contribution in [3.05, 3.63) is 28.2 Å². The molecule has 0 spiro atoms. The van der Waals surface area contributed by atoms with Crippen molar-refractivity contribution in [2.45, 2.75) is 32.7 Å². The van der Waals surface area contributed by atoms with Crippen molar-refractivity contribution in [2.75, 3.05) is 18.0 Å². The number of halogens is 1. The zero-order valence-electron chi connectivity index (χ0n) is 10.2. The summed E-state index contributed by atoms with van der Waals surface area (Å²) in [7, 11) is 0. The maximum absolute atomic E-state index is 9.09. The van der Waals surface area contributed by atoms with Crippen LogP contribution < -0.4 is 4.90 Å². The molecule has 0 bridgehead atoms. The van der Waals surface area contributed by atoms with Crippen LogP contribution in [0.15, 0.2) is 22.7 Å². The Morgan fingerprint density at radius 1 is 1.35 bits per heavy atom. The standard InChI is InChI=1S/C13H18BrNO2/c1-9-6-15(7-10(2)17-9)13-4-3-11(8-16)5-12(13)14/h3-5,9-10,16H,6-8H2,1-2H3. The monoisotopic (exact) mass is 299 g/mol. The Morgan fingerprint density at radius 3 is 2.53 bits per heavy atom. The molecule has 0 amide bonds. The average molecular weight is 300 g/mol. The highest BCUT2D eigenvalue weighted by Crippen LogP contribution is 2.29. The van der Waals surface area contributed by atoms with E-state index in [1.165, 1.54) is 5.69 Å². The SMILES string of the molecule is CC1CN(c2ccc(CO)cc2Br)CC(C)O1. The normalized spacial score (nSPS) is 25.1. The predicted molar refractivity (Wildman–Crippen MR) is 72.3 cm³/mol. The van der Waals surface area contributed by atoms with E-state index in [4.69, 9.17) is 9.84 Å². The first-order chi connectivity index (χ1) is 8.10. The van der Waals surface area contributed by atoms with Crippen molar-refractivity contribution in [1.29, 1.82) is 0 Å². The summed E-state index contributed by atoms with van der Waals surface area (Å²) in [6.07, 6.45) is 0.506. The van der Waals surface area contributed by atoms with Gasteiger partial charge >= 0.3 is 0 Å². The van der Waals surface area contributed by atoms with Crippen LogP contribution in [0.2, 0.25) is 0 Å². The Labute approximate surface area is 111 Å². The molecule has 0 aromatic heterocycles. The van der Waals surface area contributed by atoms with Crippen LogP contribution in [0.5, 0.6) is 0 Å². The first kappa shape index (κ1) is 12.9. The van der Waals surface area contributed by atoms with E-state index in [0.29, 0.717) is 0 Å². The van der Waals surface area contributed by atoms with Gasteiger partial charge in [0.15, 0.2) is 0 Å². The number of benzene rings is 1. The molecule has 17 heavy (non-hydrogen) atoms. The Kier molecular flexibility index (Phi) is 4.07. The fourth-order valence-electron chi connectivity index (χ4n) is 2.28. The molecule has 1 heterocycles. The van der Waals surface area contributed by atoms with Crippen LogP contribution in [-0.2, 0) is 11.3 Å². The zero-order valence-corrected chi connectivity index (χ0v) is 11.8. The van der Waals surface area contributed by atoms with E-state index in [-0.39, 0.29) is 18.8 Å². The van der Waals surface area contributed by atoms with Crippen LogP contribution in [0.25, 0.3) is 0 Å². The van der Waals surface area contributed by atoms with Crippen LogP contribution in [-0.4, -0.2) is 30.4 Å². The molecule has 4 heteroatoms. The van der Waals surface area contributed by atoms with Crippen LogP contribution in [0, 0.1) is 0 Å². The minimum absolute atomic E-state index is 0.0782. The molecule has 1 N–H and O–H groups in total. The number of hydrogen-bond donors (Lipinski definition) is 1. The summed E-state index contributed by atoms with van der Waals surface area (Å²) in [5, 5.41) is 9.09. The van der Waals surface area contributed by atoms with Gasteiger partial charge in [-0.2, -0.15) is 0 Å². The van der Waals surface area contributed by atoms with Crippen LogP contribution in [0.3, 0.4) is 0 Å². The lowest BCUT2D eigenvalue weighted by Crippen LogP contribution is -2.45. The third-order valence-corrected chi connectivity index (χ3v) is 3.59. The zero-order chi connectivity index (χ0) is 12.4. The maximum Gasteiger partial charge on any atom is 0.0726 e. The Balaban J connectivity index is 2.21. The summed E-state index contributed by atoms with van der Waals surface area (Å²) in [4.78, 5) is 2.32. The summed E-state index contributed by atoms with van der Waals surface area (Å²) < 4.78 is 6.76. The summed E-state index contributed by atoms with van der Waals surface area (Å²) in [6.45, 7) is 6.08. The molecule has 2 atom stereocenters. The van der Waals surface area contributed by atoms with Crippen LogP contribution in [0.4, 0.5) is 5.69 Å². The van der Waals surface area contributed by atoms with Gasteiger partial charge in [0, 0.05) is 17.6 Å². The number of aliphatic hydroxyl groups is 1. The Hall–Kier alpha value is -0.580. The maximum atomic E-state index is 9.09. The van der Waals surface area contributed by atoms with Gasteiger partial charge in [-0.25, -0.2) is 0 Å². The molecule has 1 aliphatic heterocycles. The van der Waals surface area contributed by atoms with Crippen LogP contribution >= 0.6 is 15.9 Å². The highest BCUT2D eigenvalue weighted by molar-refractivity contribution is 9.10. The van der Waals surface area contributed by atoms with Crippen LogP contribution in [0.1, 0.15) is 19.4 Å². The Bertz CT molecular complexity index is 387. The predicted octanol–water partition coefficient (Wildman–Crippen LogP) is 2.56. The highest BCUT2D eigenvalue weighted by atomic mass is 79.9. The minimum Gasteiger partial charge on any atom is -0.392 e. The van der Waals surface area contributed by atoms with Gasteiger partial charge in [0.2, 0.25) is 0 Å². The van der Waals surface area contributed by atoms with Crippen molar-refractivity contribution >= 4 is 21.6 Å². The van der Waals surface area contributed by atoms with Crippen molar-refractivity contribution in [2.24, 2.45) is 0 Å². The van der Waals surface area contributed by atoms with Gasteiger partial charge in [0.25, 0.3) is 0 Å². The average Bonchev–Trinajstić information content (AvgIpc) is 2.27. The molecular formula is C13H18BrNO2. The van der Waals surface area contributed by atoms with Gasteiger partial charge in [-0.05, 0) is 47.5 Å². The summed E-state index contributed by atoms with van der Waals surface area (Å²) >= 11 is 3.57. The van der Waals surface area contributed by atoms with Gasteiger partial charge < -0.3 is 14.7 Å². The lowest BCUT2D eigenvalue weighted by Gasteiger charge is -2.37. The highest BCUT2D eigenvalue weighted by Gasteiger charge is 2.23. The number of aliphatic hydroxyl groups excluding tert-OH is 1. The number of nitrogens with zero attached hydrogens (tertiary/aromatic N) is 1. The molecule has 1 aromatic rings. The van der Waals surface area contributed by atoms with E-state index >= 15 is 0 Å². The molecule has 1 aromatic carbocycles. The quantitative estimate of drug-likeness (QED) is 0.911. The molecule has 1 saturated heterocycles. The van der Waals surface area contributed by atoms with Gasteiger partial charge in [0.05, 0.1) is 24.5 Å². The van der Waals surface area contributed by atoms with Gasteiger partial charge in [-0.1, -0.05) is 6.07 Å². The molecule has 2 rings (SSSR count). The second-order valence-corrected chi connectivity index (χ2v) is 5.46. The van der Waals surface area contributed by atoms with E-state index in [0.717, 1.165) is 23.1 Å². The van der Waals surface area contributed by atoms with Gasteiger partial charge in [0.1, 0.15) is 0 Å². The lowest BCUT2D eigenvalue weighted by molar-refractivity contribution is -0.00525. The lowest BCUT2D eigenvalue weighted by atomic mass is 10.1. The fraction of sp³-hybridized carbons (Fsp3) is 0.538. The molecule has 0 saturated carbocycles. The second-order valence-electron chi connectivity index (χ2n) is 4.61. The molecule has 2 unspecified atom stereocenters. The number of rotatable bonds is 2. The van der Waals surface area contributed by atoms with Crippen molar-refractivity contribution in [1.82, 2.24) is 0 Å². The van der Waals surface area contributed by atoms with Crippen molar-refractivity contribution in [3.8, 4) is 0 Å². The molecule has 0 radical (unpaired) electrons. The smallest absolute Gasteiger partial charge is 0.0726 e. The summed E-state index contributed by atoms with van der Waals surface area (Å²) in [5.41, 5.74) is 2.10. The second kappa shape index (κ2) is 5.38. The third-order valence-electron chi connectivity index (χ3n) is 2.95. The van der Waals surface area contributed by atoms with E-state index < -0.39 is 0 Å². The van der Waals surface area contributed by atoms with E-state index in [2.05, 4.69) is 40.7 Å². The van der Waals surface area contributed by atoms with E-state index in [1.54, 1.807) is 0 Å². The molecule has 0 aliphatic carbocycles.